The minimum Gasteiger partial charge on any atom is -0.490 e. The Morgan fingerprint density at radius 3 is 2.76 bits per heavy atom. The van der Waals surface area contributed by atoms with E-state index in [4.69, 9.17) is 15.9 Å². The van der Waals surface area contributed by atoms with Crippen LogP contribution in [0.1, 0.15) is 28.4 Å². The van der Waals surface area contributed by atoms with Crippen LogP contribution in [0.25, 0.3) is 0 Å². The summed E-state index contributed by atoms with van der Waals surface area (Å²) in [6.07, 6.45) is 6.75. The van der Waals surface area contributed by atoms with Crippen LogP contribution in [0.3, 0.4) is 0 Å². The Kier molecular flexibility index (Phi) is 6.61. The molecule has 0 aliphatic carbocycles. The van der Waals surface area contributed by atoms with Crippen LogP contribution in [-0.4, -0.2) is 25.3 Å². The van der Waals surface area contributed by atoms with Gasteiger partial charge in [-0.2, -0.15) is 5.10 Å². The lowest BCUT2D eigenvalue weighted by molar-refractivity contribution is 0.0954. The molecular formula is C20H20N2O3. The predicted octanol–water partition coefficient (Wildman–Crippen LogP) is 3.17. The summed E-state index contributed by atoms with van der Waals surface area (Å²) in [4.78, 5) is 12.1. The molecule has 128 valence electrons. The molecule has 0 radical (unpaired) electrons. The van der Waals surface area contributed by atoms with Crippen LogP contribution in [-0.2, 0) is 0 Å². The smallest absolute Gasteiger partial charge is 0.271 e. The summed E-state index contributed by atoms with van der Waals surface area (Å²) in [6.45, 7) is 4.42. The van der Waals surface area contributed by atoms with Gasteiger partial charge in [0.05, 0.1) is 12.8 Å². The highest BCUT2D eigenvalue weighted by atomic mass is 16.5. The molecule has 0 saturated carbocycles. The lowest BCUT2D eigenvalue weighted by Crippen LogP contribution is -2.18. The van der Waals surface area contributed by atoms with Crippen LogP contribution in [0.15, 0.2) is 47.6 Å². The fourth-order valence-electron chi connectivity index (χ4n) is 2.17. The second-order valence-corrected chi connectivity index (χ2v) is 5.15. The van der Waals surface area contributed by atoms with Crippen molar-refractivity contribution >= 4 is 12.1 Å². The van der Waals surface area contributed by atoms with Crippen molar-refractivity contribution in [1.82, 2.24) is 5.43 Å². The fourth-order valence-corrected chi connectivity index (χ4v) is 2.17. The molecule has 1 N–H and O–H groups in total. The SMILES string of the molecule is C#CCOc1ccc(/C=N\NC(=O)c2ccccc2C)cc1OCC. The number of carbonyl (C=O) groups excluding carboxylic acids is 1. The fraction of sp³-hybridized carbons (Fsp3) is 0.200. The monoisotopic (exact) mass is 336 g/mol. The second-order valence-electron chi connectivity index (χ2n) is 5.15. The molecule has 0 bridgehead atoms. The van der Waals surface area contributed by atoms with E-state index in [0.717, 1.165) is 11.1 Å². The largest absolute Gasteiger partial charge is 0.490 e. The Bertz CT molecular complexity index is 807. The van der Waals surface area contributed by atoms with E-state index in [1.807, 2.05) is 32.0 Å². The summed E-state index contributed by atoms with van der Waals surface area (Å²) in [6, 6.07) is 12.7. The Morgan fingerprint density at radius 1 is 1.24 bits per heavy atom. The van der Waals surface area contributed by atoms with Crippen LogP contribution < -0.4 is 14.9 Å². The van der Waals surface area contributed by atoms with E-state index in [1.165, 1.54) is 0 Å². The van der Waals surface area contributed by atoms with E-state index in [-0.39, 0.29) is 12.5 Å². The number of nitrogens with one attached hydrogen (secondary N) is 1. The molecular weight excluding hydrogens is 316 g/mol. The summed E-state index contributed by atoms with van der Waals surface area (Å²) >= 11 is 0. The highest BCUT2D eigenvalue weighted by Crippen LogP contribution is 2.27. The van der Waals surface area contributed by atoms with Crippen molar-refractivity contribution in [2.75, 3.05) is 13.2 Å². The lowest BCUT2D eigenvalue weighted by atomic mass is 10.1. The summed E-state index contributed by atoms with van der Waals surface area (Å²) in [7, 11) is 0. The van der Waals surface area contributed by atoms with Gasteiger partial charge in [-0.05, 0) is 49.2 Å². The van der Waals surface area contributed by atoms with Gasteiger partial charge in [0.15, 0.2) is 11.5 Å². The van der Waals surface area contributed by atoms with E-state index in [0.29, 0.717) is 23.7 Å². The molecule has 2 aromatic rings. The second kappa shape index (κ2) is 9.14. The van der Waals surface area contributed by atoms with Gasteiger partial charge >= 0.3 is 0 Å². The number of carbonyl (C=O) groups is 1. The Hall–Kier alpha value is -3.26. The number of terminal acetylenes is 1. The average Bonchev–Trinajstić information content (AvgIpc) is 2.61. The molecule has 0 heterocycles. The normalized spacial score (nSPS) is 10.3. The zero-order chi connectivity index (χ0) is 18.1. The van der Waals surface area contributed by atoms with E-state index >= 15 is 0 Å². The highest BCUT2D eigenvalue weighted by molar-refractivity contribution is 5.96. The molecule has 0 fully saturated rings. The first-order valence-corrected chi connectivity index (χ1v) is 7.87. The highest BCUT2D eigenvalue weighted by Gasteiger charge is 2.07. The van der Waals surface area contributed by atoms with Crippen molar-refractivity contribution < 1.29 is 14.3 Å². The van der Waals surface area contributed by atoms with Gasteiger partial charge in [0.2, 0.25) is 0 Å². The molecule has 0 spiro atoms. The van der Waals surface area contributed by atoms with Crippen LogP contribution in [0.5, 0.6) is 11.5 Å². The lowest BCUT2D eigenvalue weighted by Gasteiger charge is -2.10. The van der Waals surface area contributed by atoms with E-state index < -0.39 is 0 Å². The third-order valence-corrected chi connectivity index (χ3v) is 3.35. The minimum atomic E-state index is -0.256. The first-order chi connectivity index (χ1) is 12.2. The number of aryl methyl sites for hydroxylation is 1. The Labute approximate surface area is 147 Å². The summed E-state index contributed by atoms with van der Waals surface area (Å²) in [5, 5.41) is 4.00. The zero-order valence-corrected chi connectivity index (χ0v) is 14.3. The van der Waals surface area contributed by atoms with Gasteiger partial charge in [-0.15, -0.1) is 6.42 Å². The first kappa shape index (κ1) is 18.1. The van der Waals surface area contributed by atoms with Crippen molar-refractivity contribution in [2.24, 2.45) is 5.10 Å². The third kappa shape index (κ3) is 5.11. The number of rotatable bonds is 7. The van der Waals surface area contributed by atoms with Crippen LogP contribution in [0.2, 0.25) is 0 Å². The van der Waals surface area contributed by atoms with Crippen LogP contribution >= 0.6 is 0 Å². The molecule has 5 heteroatoms. The van der Waals surface area contributed by atoms with Gasteiger partial charge in [-0.25, -0.2) is 5.43 Å². The summed E-state index contributed by atoms with van der Waals surface area (Å²) in [5.41, 5.74) is 4.77. The quantitative estimate of drug-likeness (QED) is 0.480. The zero-order valence-electron chi connectivity index (χ0n) is 14.3. The number of hydrogen-bond donors (Lipinski definition) is 1. The van der Waals surface area contributed by atoms with Gasteiger partial charge in [0.25, 0.3) is 5.91 Å². The van der Waals surface area contributed by atoms with Gasteiger partial charge in [-0.3, -0.25) is 4.79 Å². The molecule has 2 aromatic carbocycles. The maximum Gasteiger partial charge on any atom is 0.271 e. The molecule has 0 aliphatic heterocycles. The number of ether oxygens (including phenoxy) is 2. The Balaban J connectivity index is 2.07. The number of hydrazone groups is 1. The molecule has 0 atom stereocenters. The molecule has 5 nitrogen and oxygen atoms in total. The number of benzene rings is 2. The third-order valence-electron chi connectivity index (χ3n) is 3.35. The number of nitrogens with zero attached hydrogens (tertiary/aromatic N) is 1. The van der Waals surface area contributed by atoms with Crippen molar-refractivity contribution in [1.29, 1.82) is 0 Å². The maximum atomic E-state index is 12.1. The van der Waals surface area contributed by atoms with E-state index in [1.54, 1.807) is 30.5 Å². The standard InChI is InChI=1S/C20H20N2O3/c1-4-12-25-18-11-10-16(13-19(18)24-5-2)14-21-22-20(23)17-9-7-6-8-15(17)3/h1,6-11,13-14H,5,12H2,2-3H3,(H,22,23)/b21-14-. The first-order valence-electron chi connectivity index (χ1n) is 7.87. The van der Waals surface area contributed by atoms with E-state index in [9.17, 15) is 4.79 Å². The van der Waals surface area contributed by atoms with Crippen molar-refractivity contribution in [2.45, 2.75) is 13.8 Å². The topological polar surface area (TPSA) is 59.9 Å². The molecule has 1 amide bonds. The Morgan fingerprint density at radius 2 is 2.04 bits per heavy atom. The summed E-state index contributed by atoms with van der Waals surface area (Å²) in [5.74, 6) is 3.31. The van der Waals surface area contributed by atoms with Crippen LogP contribution in [0, 0.1) is 19.3 Å². The van der Waals surface area contributed by atoms with Crippen molar-refractivity contribution in [3.05, 3.63) is 59.2 Å². The predicted molar refractivity (Wildman–Crippen MR) is 98.2 cm³/mol. The van der Waals surface area contributed by atoms with Gasteiger partial charge in [-0.1, -0.05) is 24.1 Å². The molecule has 2 rings (SSSR count). The van der Waals surface area contributed by atoms with Gasteiger partial charge < -0.3 is 9.47 Å². The maximum absolute atomic E-state index is 12.1. The van der Waals surface area contributed by atoms with E-state index in [2.05, 4.69) is 16.4 Å². The van der Waals surface area contributed by atoms with Crippen molar-refractivity contribution in [3.8, 4) is 23.8 Å². The molecule has 25 heavy (non-hydrogen) atoms. The minimum absolute atomic E-state index is 0.167. The molecule has 0 saturated heterocycles. The summed E-state index contributed by atoms with van der Waals surface area (Å²) < 4.78 is 11.0. The number of amides is 1. The number of hydrogen-bond acceptors (Lipinski definition) is 4. The van der Waals surface area contributed by atoms with Crippen molar-refractivity contribution in [3.63, 3.8) is 0 Å². The molecule has 0 unspecified atom stereocenters. The van der Waals surface area contributed by atoms with Gasteiger partial charge in [0, 0.05) is 5.56 Å². The van der Waals surface area contributed by atoms with Gasteiger partial charge in [0.1, 0.15) is 6.61 Å². The van der Waals surface area contributed by atoms with Crippen LogP contribution in [0.4, 0.5) is 0 Å². The average molecular weight is 336 g/mol. The molecule has 0 aliphatic rings. The molecule has 0 aromatic heterocycles.